The number of nitrogen functional groups attached to an aromatic ring is 1. The van der Waals surface area contributed by atoms with Crippen LogP contribution in [0.2, 0.25) is 5.02 Å². The average Bonchev–Trinajstić information content (AvgIpc) is 2.73. The minimum absolute atomic E-state index is 0.240. The molecular weight excluding hydrogens is 218 g/mol. The molecule has 5 nitrogen and oxygen atoms in total. The monoisotopic (exact) mass is 229 g/mol. The Morgan fingerprint density at radius 1 is 1.60 bits per heavy atom. The fraction of sp³-hybridized carbons (Fsp3) is 0.556. The first-order chi connectivity index (χ1) is 7.27. The fourth-order valence-electron chi connectivity index (χ4n) is 1.38. The van der Waals surface area contributed by atoms with Crippen LogP contribution in [0, 0.1) is 5.92 Å². The minimum Gasteiger partial charge on any atom is -0.476 e. The van der Waals surface area contributed by atoms with Crippen molar-refractivity contribution in [1.82, 2.24) is 9.97 Å². The van der Waals surface area contributed by atoms with E-state index in [1.165, 1.54) is 6.33 Å². The average molecular weight is 230 g/mol. The molecule has 0 amide bonds. The molecule has 0 spiro atoms. The van der Waals surface area contributed by atoms with Gasteiger partial charge in [0.1, 0.15) is 17.2 Å². The Balaban J connectivity index is 1.95. The molecule has 0 aromatic carbocycles. The molecule has 0 radical (unpaired) electrons. The summed E-state index contributed by atoms with van der Waals surface area (Å²) in [4.78, 5) is 7.66. The summed E-state index contributed by atoms with van der Waals surface area (Å²) in [5, 5.41) is 0.274. The van der Waals surface area contributed by atoms with Crippen molar-refractivity contribution in [2.75, 3.05) is 25.6 Å². The third-order valence-corrected chi connectivity index (χ3v) is 2.62. The highest BCUT2D eigenvalue weighted by molar-refractivity contribution is 6.33. The van der Waals surface area contributed by atoms with Gasteiger partial charge in [-0.3, -0.25) is 0 Å². The van der Waals surface area contributed by atoms with Crippen LogP contribution in [0.4, 0.5) is 5.82 Å². The third-order valence-electron chi connectivity index (χ3n) is 2.26. The Morgan fingerprint density at radius 2 is 2.47 bits per heavy atom. The summed E-state index contributed by atoms with van der Waals surface area (Å²) in [7, 11) is 0. The quantitative estimate of drug-likeness (QED) is 0.841. The minimum atomic E-state index is 0.240. The number of hydrogen-bond donors (Lipinski definition) is 1. The molecule has 2 heterocycles. The summed E-state index contributed by atoms with van der Waals surface area (Å²) >= 11 is 5.87. The predicted octanol–water partition coefficient (Wildman–Crippen LogP) is 1.13. The lowest BCUT2D eigenvalue weighted by atomic mass is 10.1. The lowest BCUT2D eigenvalue weighted by molar-refractivity contribution is 0.165. The number of rotatable bonds is 3. The van der Waals surface area contributed by atoms with E-state index >= 15 is 0 Å². The van der Waals surface area contributed by atoms with Crippen LogP contribution < -0.4 is 10.5 Å². The zero-order chi connectivity index (χ0) is 10.7. The Bertz CT molecular complexity index is 342. The highest BCUT2D eigenvalue weighted by Crippen LogP contribution is 2.26. The number of nitrogens with two attached hydrogens (primary N) is 1. The summed E-state index contributed by atoms with van der Waals surface area (Å²) < 4.78 is 10.7. The van der Waals surface area contributed by atoms with Gasteiger partial charge >= 0.3 is 0 Å². The van der Waals surface area contributed by atoms with E-state index in [-0.39, 0.29) is 10.8 Å². The Hall–Kier alpha value is -1.07. The van der Waals surface area contributed by atoms with Crippen molar-refractivity contribution in [3.63, 3.8) is 0 Å². The van der Waals surface area contributed by atoms with Crippen molar-refractivity contribution in [2.24, 2.45) is 5.92 Å². The Kier molecular flexibility index (Phi) is 3.23. The van der Waals surface area contributed by atoms with Crippen molar-refractivity contribution < 1.29 is 9.47 Å². The lowest BCUT2D eigenvalue weighted by Crippen LogP contribution is -2.13. The van der Waals surface area contributed by atoms with Crippen LogP contribution in [0.5, 0.6) is 5.88 Å². The van der Waals surface area contributed by atoms with Gasteiger partial charge in [0.25, 0.3) is 0 Å². The van der Waals surface area contributed by atoms with Gasteiger partial charge in [0.15, 0.2) is 0 Å². The molecular formula is C9H12ClN3O2. The molecule has 1 aromatic rings. The van der Waals surface area contributed by atoms with Gasteiger partial charge in [-0.2, -0.15) is 0 Å². The van der Waals surface area contributed by atoms with E-state index in [9.17, 15) is 0 Å². The van der Waals surface area contributed by atoms with Gasteiger partial charge in [0, 0.05) is 12.5 Å². The van der Waals surface area contributed by atoms with Crippen LogP contribution in [-0.4, -0.2) is 29.8 Å². The highest BCUT2D eigenvalue weighted by atomic mass is 35.5. The molecule has 1 aromatic heterocycles. The van der Waals surface area contributed by atoms with E-state index in [1.54, 1.807) is 0 Å². The third kappa shape index (κ3) is 2.49. The molecule has 1 saturated heterocycles. The largest absolute Gasteiger partial charge is 0.476 e. The maximum atomic E-state index is 5.87. The van der Waals surface area contributed by atoms with E-state index in [2.05, 4.69) is 9.97 Å². The van der Waals surface area contributed by atoms with E-state index in [1.807, 2.05) is 0 Å². The van der Waals surface area contributed by atoms with Crippen molar-refractivity contribution >= 4 is 17.4 Å². The molecule has 82 valence electrons. The molecule has 1 fully saturated rings. The lowest BCUT2D eigenvalue weighted by Gasteiger charge is -2.10. The molecule has 15 heavy (non-hydrogen) atoms. The van der Waals surface area contributed by atoms with E-state index < -0.39 is 0 Å². The Labute approximate surface area is 92.6 Å². The van der Waals surface area contributed by atoms with E-state index in [4.69, 9.17) is 26.8 Å². The fourth-order valence-corrected chi connectivity index (χ4v) is 1.53. The van der Waals surface area contributed by atoms with Gasteiger partial charge in [-0.15, -0.1) is 0 Å². The van der Waals surface area contributed by atoms with Gasteiger partial charge < -0.3 is 15.2 Å². The summed E-state index contributed by atoms with van der Waals surface area (Å²) in [6, 6.07) is 0. The van der Waals surface area contributed by atoms with Crippen LogP contribution in [-0.2, 0) is 4.74 Å². The number of hydrogen-bond acceptors (Lipinski definition) is 5. The molecule has 0 saturated carbocycles. The maximum Gasteiger partial charge on any atom is 0.237 e. The first-order valence-electron chi connectivity index (χ1n) is 4.74. The van der Waals surface area contributed by atoms with Crippen molar-refractivity contribution in [1.29, 1.82) is 0 Å². The zero-order valence-corrected chi connectivity index (χ0v) is 8.91. The SMILES string of the molecule is Nc1ncnc(OCC2CCOC2)c1Cl. The first-order valence-corrected chi connectivity index (χ1v) is 5.11. The van der Waals surface area contributed by atoms with Gasteiger partial charge in [-0.05, 0) is 6.42 Å². The molecule has 1 atom stereocenters. The normalized spacial score (nSPS) is 20.5. The number of nitrogens with zero attached hydrogens (tertiary/aromatic N) is 2. The summed E-state index contributed by atoms with van der Waals surface area (Å²) in [6.45, 7) is 2.09. The number of aromatic nitrogens is 2. The van der Waals surface area contributed by atoms with E-state index in [0.717, 1.165) is 19.6 Å². The number of anilines is 1. The molecule has 6 heteroatoms. The highest BCUT2D eigenvalue weighted by Gasteiger charge is 2.17. The first kappa shape index (κ1) is 10.4. The van der Waals surface area contributed by atoms with Crippen LogP contribution in [0.1, 0.15) is 6.42 Å². The van der Waals surface area contributed by atoms with Gasteiger partial charge in [0.05, 0.1) is 13.2 Å². The second-order valence-electron chi connectivity index (χ2n) is 3.42. The number of ether oxygens (including phenoxy) is 2. The van der Waals surface area contributed by atoms with Gasteiger partial charge in [-0.25, -0.2) is 9.97 Å². The molecule has 1 aliphatic rings. The Morgan fingerprint density at radius 3 is 3.20 bits per heavy atom. The molecule has 2 N–H and O–H groups in total. The molecule has 1 aliphatic heterocycles. The topological polar surface area (TPSA) is 70.3 Å². The van der Waals surface area contributed by atoms with Crippen molar-refractivity contribution in [2.45, 2.75) is 6.42 Å². The standard InChI is InChI=1S/C9H12ClN3O2/c10-7-8(11)12-5-13-9(7)15-4-6-1-2-14-3-6/h5-6H,1-4H2,(H2,11,12,13). The van der Waals surface area contributed by atoms with Crippen LogP contribution >= 0.6 is 11.6 Å². The molecule has 0 aliphatic carbocycles. The molecule has 1 unspecified atom stereocenters. The summed E-state index contributed by atoms with van der Waals surface area (Å²) in [5.41, 5.74) is 5.52. The van der Waals surface area contributed by atoms with Crippen molar-refractivity contribution in [3.05, 3.63) is 11.3 Å². The molecule has 2 rings (SSSR count). The van der Waals surface area contributed by atoms with Gasteiger partial charge in [0.2, 0.25) is 5.88 Å². The van der Waals surface area contributed by atoms with Crippen molar-refractivity contribution in [3.8, 4) is 5.88 Å². The summed E-state index contributed by atoms with van der Waals surface area (Å²) in [6.07, 6.45) is 2.35. The maximum absolute atomic E-state index is 5.87. The van der Waals surface area contributed by atoms with Gasteiger partial charge in [-0.1, -0.05) is 11.6 Å². The van der Waals surface area contributed by atoms with Crippen LogP contribution in [0.15, 0.2) is 6.33 Å². The van der Waals surface area contributed by atoms with Crippen LogP contribution in [0.25, 0.3) is 0 Å². The summed E-state index contributed by atoms with van der Waals surface area (Å²) in [5.74, 6) is 0.998. The number of halogens is 1. The van der Waals surface area contributed by atoms with Crippen LogP contribution in [0.3, 0.4) is 0 Å². The molecule has 0 bridgehead atoms. The van der Waals surface area contributed by atoms with E-state index in [0.29, 0.717) is 18.4 Å². The second-order valence-corrected chi connectivity index (χ2v) is 3.80. The second kappa shape index (κ2) is 4.63. The smallest absolute Gasteiger partial charge is 0.237 e. The zero-order valence-electron chi connectivity index (χ0n) is 8.15. The predicted molar refractivity (Wildman–Crippen MR) is 55.9 cm³/mol.